The van der Waals surface area contributed by atoms with Gasteiger partial charge in [0.05, 0.1) is 0 Å². The average molecular weight is 239 g/mol. The number of nitrogens with zero attached hydrogens (tertiary/aromatic N) is 1. The lowest BCUT2D eigenvalue weighted by molar-refractivity contribution is -0.148. The molecular weight excluding hydrogens is 225 g/mol. The van der Waals surface area contributed by atoms with Crippen LogP contribution in [0.3, 0.4) is 0 Å². The van der Waals surface area contributed by atoms with E-state index in [1.807, 2.05) is 0 Å². The minimum Gasteiger partial charge on any atom is -0.479 e. The van der Waals surface area contributed by atoms with Gasteiger partial charge in [-0.1, -0.05) is 18.2 Å². The van der Waals surface area contributed by atoms with Gasteiger partial charge in [-0.25, -0.2) is 9.18 Å². The Hall–Kier alpha value is -1.91. The maximum absolute atomic E-state index is 13.6. The number of carboxylic acid groups (broad SMARTS) is 1. The van der Waals surface area contributed by atoms with E-state index in [9.17, 15) is 14.0 Å². The lowest BCUT2D eigenvalue weighted by atomic mass is 10.0. The summed E-state index contributed by atoms with van der Waals surface area (Å²) in [7, 11) is 0. The van der Waals surface area contributed by atoms with Crippen LogP contribution in [0.4, 0.5) is 4.39 Å². The van der Waals surface area contributed by atoms with Gasteiger partial charge in [0.2, 0.25) is 6.41 Å². The second kappa shape index (κ2) is 5.43. The molecule has 0 aliphatic rings. The van der Waals surface area contributed by atoms with Crippen molar-refractivity contribution in [2.75, 3.05) is 0 Å². The van der Waals surface area contributed by atoms with Crippen LogP contribution in [0.25, 0.3) is 0 Å². The van der Waals surface area contributed by atoms with Gasteiger partial charge >= 0.3 is 5.97 Å². The van der Waals surface area contributed by atoms with E-state index in [0.717, 1.165) is 4.90 Å². The number of halogens is 1. The Morgan fingerprint density at radius 2 is 2.00 bits per heavy atom. The van der Waals surface area contributed by atoms with Crippen LogP contribution in [-0.4, -0.2) is 28.4 Å². The molecule has 0 bridgehead atoms. The van der Waals surface area contributed by atoms with Crippen molar-refractivity contribution in [3.8, 4) is 0 Å². The molecule has 0 aliphatic carbocycles. The van der Waals surface area contributed by atoms with E-state index in [4.69, 9.17) is 5.11 Å². The lowest BCUT2D eigenvalue weighted by Crippen LogP contribution is -2.38. The van der Waals surface area contributed by atoms with Gasteiger partial charge in [0.1, 0.15) is 5.82 Å². The number of hydrogen-bond donors (Lipinski definition) is 1. The van der Waals surface area contributed by atoms with E-state index < -0.39 is 17.8 Å². The van der Waals surface area contributed by atoms with Crippen LogP contribution in [0.15, 0.2) is 24.3 Å². The molecule has 92 valence electrons. The van der Waals surface area contributed by atoms with Gasteiger partial charge in [0.25, 0.3) is 0 Å². The highest BCUT2D eigenvalue weighted by atomic mass is 19.1. The van der Waals surface area contributed by atoms with Crippen molar-refractivity contribution in [1.29, 1.82) is 0 Å². The zero-order valence-corrected chi connectivity index (χ0v) is 9.63. The summed E-state index contributed by atoms with van der Waals surface area (Å²) in [5.74, 6) is -1.89. The molecule has 0 heterocycles. The molecule has 1 unspecified atom stereocenters. The fraction of sp³-hybridized carbons (Fsp3) is 0.333. The molecule has 17 heavy (non-hydrogen) atoms. The first-order valence-corrected chi connectivity index (χ1v) is 5.19. The Labute approximate surface area is 98.7 Å². The third kappa shape index (κ3) is 2.81. The van der Waals surface area contributed by atoms with Crippen LogP contribution >= 0.6 is 0 Å². The molecule has 0 aliphatic heterocycles. The molecule has 1 aromatic carbocycles. The molecule has 1 aromatic rings. The third-order valence-corrected chi connectivity index (χ3v) is 2.45. The van der Waals surface area contributed by atoms with Gasteiger partial charge < -0.3 is 10.0 Å². The van der Waals surface area contributed by atoms with Crippen molar-refractivity contribution in [3.63, 3.8) is 0 Å². The molecule has 0 saturated heterocycles. The van der Waals surface area contributed by atoms with E-state index in [1.54, 1.807) is 13.8 Å². The highest BCUT2D eigenvalue weighted by Crippen LogP contribution is 2.24. The van der Waals surface area contributed by atoms with E-state index in [0.29, 0.717) is 6.41 Å². The Morgan fingerprint density at radius 1 is 1.41 bits per heavy atom. The summed E-state index contributed by atoms with van der Waals surface area (Å²) in [4.78, 5) is 23.2. The third-order valence-electron chi connectivity index (χ3n) is 2.45. The van der Waals surface area contributed by atoms with Crippen LogP contribution in [-0.2, 0) is 9.59 Å². The Bertz CT molecular complexity index is 420. The first kappa shape index (κ1) is 13.2. The van der Waals surface area contributed by atoms with Crippen LogP contribution in [0, 0.1) is 5.82 Å². The summed E-state index contributed by atoms with van der Waals surface area (Å²) in [5, 5.41) is 9.13. The Balaban J connectivity index is 3.22. The van der Waals surface area contributed by atoms with Crippen molar-refractivity contribution < 1.29 is 19.1 Å². The first-order chi connectivity index (χ1) is 7.99. The van der Waals surface area contributed by atoms with Gasteiger partial charge in [-0.15, -0.1) is 0 Å². The largest absolute Gasteiger partial charge is 0.479 e. The smallest absolute Gasteiger partial charge is 0.331 e. The van der Waals surface area contributed by atoms with Crippen molar-refractivity contribution in [2.24, 2.45) is 0 Å². The molecule has 1 atom stereocenters. The molecule has 1 N–H and O–H groups in total. The highest BCUT2D eigenvalue weighted by Gasteiger charge is 2.30. The standard InChI is InChI=1S/C12H14FNO3/c1-8(2)14(7-15)11(12(16)17)9-5-3-4-6-10(9)13/h3-8,11H,1-2H3,(H,16,17). The van der Waals surface area contributed by atoms with Gasteiger partial charge in [-0.3, -0.25) is 4.79 Å². The molecule has 0 aromatic heterocycles. The molecule has 1 rings (SSSR count). The summed E-state index contributed by atoms with van der Waals surface area (Å²) in [5.41, 5.74) is -0.0131. The number of amides is 1. The van der Waals surface area contributed by atoms with Crippen molar-refractivity contribution >= 4 is 12.4 Å². The summed E-state index contributed by atoms with van der Waals surface area (Å²) >= 11 is 0. The van der Waals surface area contributed by atoms with Gasteiger partial charge in [0, 0.05) is 11.6 Å². The highest BCUT2D eigenvalue weighted by molar-refractivity contribution is 5.78. The van der Waals surface area contributed by atoms with Crippen molar-refractivity contribution in [2.45, 2.75) is 25.9 Å². The predicted octanol–water partition coefficient (Wildman–Crippen LogP) is 1.82. The van der Waals surface area contributed by atoms with Crippen molar-refractivity contribution in [3.05, 3.63) is 35.6 Å². The lowest BCUT2D eigenvalue weighted by Gasteiger charge is -2.29. The van der Waals surface area contributed by atoms with E-state index in [1.165, 1.54) is 24.3 Å². The van der Waals surface area contributed by atoms with Gasteiger partial charge in [-0.05, 0) is 19.9 Å². The maximum Gasteiger partial charge on any atom is 0.331 e. The molecule has 0 saturated carbocycles. The van der Waals surface area contributed by atoms with Gasteiger partial charge in [-0.2, -0.15) is 0 Å². The summed E-state index contributed by atoms with van der Waals surface area (Å²) in [6.07, 6.45) is 0.426. The minimum atomic E-state index is -1.30. The number of aliphatic carboxylic acids is 1. The number of carbonyl (C=O) groups is 2. The molecule has 5 heteroatoms. The topological polar surface area (TPSA) is 57.6 Å². The zero-order valence-electron chi connectivity index (χ0n) is 9.63. The van der Waals surface area contributed by atoms with Crippen molar-refractivity contribution in [1.82, 2.24) is 4.90 Å². The summed E-state index contributed by atoms with van der Waals surface area (Å²) < 4.78 is 13.6. The average Bonchev–Trinajstić information content (AvgIpc) is 2.26. The predicted molar refractivity (Wildman–Crippen MR) is 59.8 cm³/mol. The molecule has 1 amide bonds. The normalized spacial score (nSPS) is 12.2. The Kier molecular flexibility index (Phi) is 4.20. The summed E-state index contributed by atoms with van der Waals surface area (Å²) in [6.45, 7) is 3.34. The van der Waals surface area contributed by atoms with E-state index >= 15 is 0 Å². The van der Waals surface area contributed by atoms with Crippen LogP contribution in [0.1, 0.15) is 25.5 Å². The first-order valence-electron chi connectivity index (χ1n) is 5.19. The molecule has 0 fully saturated rings. The van der Waals surface area contributed by atoms with E-state index in [2.05, 4.69) is 0 Å². The Morgan fingerprint density at radius 3 is 2.41 bits per heavy atom. The molecule has 0 spiro atoms. The SMILES string of the molecule is CC(C)N(C=O)C(C(=O)O)c1ccccc1F. The molecule has 0 radical (unpaired) electrons. The second-order valence-electron chi connectivity index (χ2n) is 3.91. The van der Waals surface area contributed by atoms with Gasteiger partial charge in [0.15, 0.2) is 6.04 Å². The maximum atomic E-state index is 13.6. The number of hydrogen-bond acceptors (Lipinski definition) is 2. The number of benzene rings is 1. The van der Waals surface area contributed by atoms with Crippen LogP contribution in [0.2, 0.25) is 0 Å². The second-order valence-corrected chi connectivity index (χ2v) is 3.91. The number of carboxylic acids is 1. The monoisotopic (exact) mass is 239 g/mol. The van der Waals surface area contributed by atoms with Crippen LogP contribution < -0.4 is 0 Å². The van der Waals surface area contributed by atoms with E-state index in [-0.39, 0.29) is 11.6 Å². The quantitative estimate of drug-likeness (QED) is 0.797. The fourth-order valence-corrected chi connectivity index (χ4v) is 1.60. The molecular formula is C12H14FNO3. The van der Waals surface area contributed by atoms with Crippen LogP contribution in [0.5, 0.6) is 0 Å². The number of carbonyl (C=O) groups excluding carboxylic acids is 1. The minimum absolute atomic E-state index is 0.0131. The number of rotatable bonds is 5. The summed E-state index contributed by atoms with van der Waals surface area (Å²) in [6, 6.07) is 3.93. The fourth-order valence-electron chi connectivity index (χ4n) is 1.60. The molecule has 4 nitrogen and oxygen atoms in total. The zero-order chi connectivity index (χ0) is 13.0.